The summed E-state index contributed by atoms with van der Waals surface area (Å²) in [5, 5.41) is 3.11. The van der Waals surface area contributed by atoms with Crippen LogP contribution >= 0.6 is 11.6 Å². The summed E-state index contributed by atoms with van der Waals surface area (Å²) in [6.45, 7) is 2.69. The number of esters is 1. The zero-order valence-corrected chi connectivity index (χ0v) is 16.0. The van der Waals surface area contributed by atoms with Gasteiger partial charge in [-0.05, 0) is 25.1 Å². The first-order valence-electron chi connectivity index (χ1n) is 8.81. The van der Waals surface area contributed by atoms with Gasteiger partial charge in [0.15, 0.2) is 0 Å². The van der Waals surface area contributed by atoms with Crippen molar-refractivity contribution in [1.82, 2.24) is 14.9 Å². The van der Waals surface area contributed by atoms with Gasteiger partial charge in [-0.15, -0.1) is 0 Å². The molecule has 0 aliphatic carbocycles. The van der Waals surface area contributed by atoms with Crippen LogP contribution in [0.4, 0.5) is 5.95 Å². The van der Waals surface area contributed by atoms with Gasteiger partial charge in [-0.1, -0.05) is 17.7 Å². The molecule has 0 saturated heterocycles. The highest BCUT2D eigenvalue weighted by Crippen LogP contribution is 2.19. The Morgan fingerprint density at radius 3 is 2.89 bits per heavy atom. The number of hydrogen-bond donors (Lipinski definition) is 1. The molecule has 0 radical (unpaired) electrons. The molecule has 0 saturated carbocycles. The molecule has 1 N–H and O–H groups in total. The van der Waals surface area contributed by atoms with Gasteiger partial charge in [0.2, 0.25) is 11.9 Å². The van der Waals surface area contributed by atoms with Crippen molar-refractivity contribution in [3.63, 3.8) is 0 Å². The molecular formula is C19H19ClN4O4. The molecule has 1 aliphatic rings. The van der Waals surface area contributed by atoms with E-state index in [0.717, 1.165) is 11.3 Å². The molecule has 2 amide bonds. The smallest absolute Gasteiger partial charge is 0.315 e. The van der Waals surface area contributed by atoms with Crippen molar-refractivity contribution < 1.29 is 19.1 Å². The lowest BCUT2D eigenvalue weighted by atomic mass is 10.1. The Kier molecular flexibility index (Phi) is 6.20. The number of nitrogens with zero attached hydrogens (tertiary/aromatic N) is 3. The van der Waals surface area contributed by atoms with Crippen LogP contribution in [-0.2, 0) is 27.3 Å². The highest BCUT2D eigenvalue weighted by atomic mass is 35.5. The Balaban J connectivity index is 1.64. The number of nitrogens with one attached hydrogen (secondary N) is 1. The van der Waals surface area contributed by atoms with Gasteiger partial charge in [0, 0.05) is 41.9 Å². The van der Waals surface area contributed by atoms with Gasteiger partial charge in [0.1, 0.15) is 6.42 Å². The molecule has 0 unspecified atom stereocenters. The van der Waals surface area contributed by atoms with E-state index >= 15 is 0 Å². The molecule has 2 aromatic rings. The fourth-order valence-electron chi connectivity index (χ4n) is 2.84. The third kappa shape index (κ3) is 4.83. The molecule has 9 heteroatoms. The lowest BCUT2D eigenvalue weighted by molar-refractivity contribution is -0.149. The SMILES string of the molecule is CCOC(=O)CC(=O)N1CCc2nc(NC(=O)c3cccc(Cl)c3)ncc2C1. The molecule has 28 heavy (non-hydrogen) atoms. The van der Waals surface area contributed by atoms with E-state index in [0.29, 0.717) is 30.1 Å². The summed E-state index contributed by atoms with van der Waals surface area (Å²) in [4.78, 5) is 46.1. The normalized spacial score (nSPS) is 12.9. The number of amides is 2. The zero-order valence-electron chi connectivity index (χ0n) is 15.3. The standard InChI is InChI=1S/C19H19ClN4O4/c1-2-28-17(26)9-16(25)24-7-6-15-13(11-24)10-21-19(22-15)23-18(27)12-4-3-5-14(20)8-12/h3-5,8,10H,2,6-7,9,11H2,1H3,(H,21,22,23,27). The number of rotatable bonds is 5. The summed E-state index contributed by atoms with van der Waals surface area (Å²) in [5.41, 5.74) is 1.95. The molecule has 8 nitrogen and oxygen atoms in total. The summed E-state index contributed by atoms with van der Waals surface area (Å²) < 4.78 is 4.81. The molecule has 1 aromatic heterocycles. The van der Waals surface area contributed by atoms with E-state index in [2.05, 4.69) is 15.3 Å². The Morgan fingerprint density at radius 1 is 1.32 bits per heavy atom. The van der Waals surface area contributed by atoms with Gasteiger partial charge in [0.05, 0.1) is 12.3 Å². The van der Waals surface area contributed by atoms with Crippen LogP contribution in [0.15, 0.2) is 30.5 Å². The molecule has 0 bridgehead atoms. The van der Waals surface area contributed by atoms with E-state index in [1.54, 1.807) is 42.3 Å². The molecule has 0 fully saturated rings. The van der Waals surface area contributed by atoms with Crippen LogP contribution in [-0.4, -0.2) is 45.8 Å². The number of benzene rings is 1. The summed E-state index contributed by atoms with van der Waals surface area (Å²) in [7, 11) is 0. The quantitative estimate of drug-likeness (QED) is 0.607. The molecule has 2 heterocycles. The van der Waals surface area contributed by atoms with Crippen molar-refractivity contribution in [3.05, 3.63) is 52.3 Å². The van der Waals surface area contributed by atoms with Crippen molar-refractivity contribution in [3.8, 4) is 0 Å². The Morgan fingerprint density at radius 2 is 2.14 bits per heavy atom. The molecule has 1 aromatic carbocycles. The number of halogens is 1. The number of fused-ring (bicyclic) bond motifs is 1. The average Bonchev–Trinajstić information content (AvgIpc) is 2.67. The van der Waals surface area contributed by atoms with E-state index < -0.39 is 5.97 Å². The van der Waals surface area contributed by atoms with Gasteiger partial charge in [-0.25, -0.2) is 9.97 Å². The third-order valence-corrected chi connectivity index (χ3v) is 4.43. The number of carbonyl (C=O) groups excluding carboxylic acids is 3. The van der Waals surface area contributed by atoms with Crippen molar-refractivity contribution in [2.45, 2.75) is 26.3 Å². The molecular weight excluding hydrogens is 384 g/mol. The second kappa shape index (κ2) is 8.79. The van der Waals surface area contributed by atoms with Gasteiger partial charge in [-0.2, -0.15) is 0 Å². The number of carbonyl (C=O) groups is 3. The highest BCUT2D eigenvalue weighted by molar-refractivity contribution is 6.31. The van der Waals surface area contributed by atoms with E-state index in [4.69, 9.17) is 16.3 Å². The number of hydrogen-bond acceptors (Lipinski definition) is 6. The second-order valence-electron chi connectivity index (χ2n) is 6.18. The minimum Gasteiger partial charge on any atom is -0.466 e. The maximum atomic E-state index is 12.3. The zero-order chi connectivity index (χ0) is 20.1. The summed E-state index contributed by atoms with van der Waals surface area (Å²) in [6.07, 6.45) is 1.81. The minimum absolute atomic E-state index is 0.190. The maximum Gasteiger partial charge on any atom is 0.315 e. The summed E-state index contributed by atoms with van der Waals surface area (Å²) >= 11 is 5.90. The minimum atomic E-state index is -0.534. The van der Waals surface area contributed by atoms with Crippen LogP contribution < -0.4 is 5.32 Å². The van der Waals surface area contributed by atoms with E-state index in [1.807, 2.05) is 0 Å². The molecule has 1 aliphatic heterocycles. The van der Waals surface area contributed by atoms with Crippen molar-refractivity contribution in [2.24, 2.45) is 0 Å². The van der Waals surface area contributed by atoms with Crippen LogP contribution in [0.3, 0.4) is 0 Å². The first-order valence-corrected chi connectivity index (χ1v) is 9.19. The highest BCUT2D eigenvalue weighted by Gasteiger charge is 2.24. The Bertz CT molecular complexity index is 919. The molecule has 0 spiro atoms. The van der Waals surface area contributed by atoms with Crippen molar-refractivity contribution >= 4 is 35.3 Å². The summed E-state index contributed by atoms with van der Waals surface area (Å²) in [6, 6.07) is 6.57. The van der Waals surface area contributed by atoms with Crippen LogP contribution in [0.25, 0.3) is 0 Å². The predicted octanol–water partition coefficient (Wildman–Crippen LogP) is 2.22. The van der Waals surface area contributed by atoms with Gasteiger partial charge < -0.3 is 9.64 Å². The second-order valence-corrected chi connectivity index (χ2v) is 6.61. The monoisotopic (exact) mass is 402 g/mol. The molecule has 146 valence electrons. The predicted molar refractivity (Wildman–Crippen MR) is 102 cm³/mol. The summed E-state index contributed by atoms with van der Waals surface area (Å²) in [5.74, 6) is -0.990. The first-order chi connectivity index (χ1) is 13.5. The van der Waals surface area contributed by atoms with Crippen LogP contribution in [0.2, 0.25) is 5.02 Å². The molecule has 0 atom stereocenters. The number of aromatic nitrogens is 2. The van der Waals surface area contributed by atoms with Crippen LogP contribution in [0.1, 0.15) is 35.0 Å². The third-order valence-electron chi connectivity index (χ3n) is 4.20. The van der Waals surface area contributed by atoms with Crippen LogP contribution in [0.5, 0.6) is 0 Å². The number of ether oxygens (including phenoxy) is 1. The number of anilines is 1. The van der Waals surface area contributed by atoms with Crippen molar-refractivity contribution in [2.75, 3.05) is 18.5 Å². The lowest BCUT2D eigenvalue weighted by Crippen LogP contribution is -2.37. The Labute approximate surface area is 166 Å². The first kappa shape index (κ1) is 19.8. The maximum absolute atomic E-state index is 12.3. The van der Waals surface area contributed by atoms with Gasteiger partial charge in [-0.3, -0.25) is 19.7 Å². The van der Waals surface area contributed by atoms with Gasteiger partial charge in [0.25, 0.3) is 5.91 Å². The van der Waals surface area contributed by atoms with E-state index in [1.165, 1.54) is 0 Å². The average molecular weight is 403 g/mol. The lowest BCUT2D eigenvalue weighted by Gasteiger charge is -2.28. The largest absolute Gasteiger partial charge is 0.466 e. The van der Waals surface area contributed by atoms with Gasteiger partial charge >= 0.3 is 5.97 Å². The van der Waals surface area contributed by atoms with Crippen LogP contribution in [0, 0.1) is 0 Å². The Hall–Kier alpha value is -3.00. The van der Waals surface area contributed by atoms with E-state index in [9.17, 15) is 14.4 Å². The molecule has 3 rings (SSSR count). The fraction of sp³-hybridized carbons (Fsp3) is 0.316. The fourth-order valence-corrected chi connectivity index (χ4v) is 3.03. The van der Waals surface area contributed by atoms with E-state index in [-0.39, 0.29) is 30.8 Å². The van der Waals surface area contributed by atoms with Crippen molar-refractivity contribution in [1.29, 1.82) is 0 Å². The topological polar surface area (TPSA) is 101 Å².